The average molecular weight is 754 g/mol. The summed E-state index contributed by atoms with van der Waals surface area (Å²) in [5.41, 5.74) is 7.39. The van der Waals surface area contributed by atoms with E-state index in [1.807, 2.05) is 103 Å². The highest BCUT2D eigenvalue weighted by Crippen LogP contribution is 2.39. The maximum atomic E-state index is 13.3. The maximum absolute atomic E-state index is 13.3. The molecule has 0 saturated carbocycles. The predicted molar refractivity (Wildman–Crippen MR) is 212 cm³/mol. The van der Waals surface area contributed by atoms with Gasteiger partial charge in [-0.25, -0.2) is 4.79 Å². The van der Waals surface area contributed by atoms with Gasteiger partial charge in [-0.3, -0.25) is 19.4 Å². The highest BCUT2D eigenvalue weighted by Gasteiger charge is 2.40. The summed E-state index contributed by atoms with van der Waals surface area (Å²) in [6.45, 7) is 3.01. The molecular weight excluding hydrogens is 707 g/mol. The van der Waals surface area contributed by atoms with E-state index in [-0.39, 0.29) is 50.3 Å². The highest BCUT2D eigenvalue weighted by atomic mass is 16.7. The molecule has 2 aliphatic heterocycles. The van der Waals surface area contributed by atoms with E-state index in [2.05, 4.69) is 54.5 Å². The molecule has 0 bridgehead atoms. The van der Waals surface area contributed by atoms with Crippen LogP contribution >= 0.6 is 0 Å². The molecule has 0 aromatic heterocycles. The van der Waals surface area contributed by atoms with Gasteiger partial charge in [0.05, 0.1) is 31.8 Å². The second-order valence-electron chi connectivity index (χ2n) is 14.5. The van der Waals surface area contributed by atoms with Crippen molar-refractivity contribution in [2.75, 3.05) is 13.6 Å². The second kappa shape index (κ2) is 17.9. The van der Waals surface area contributed by atoms with E-state index >= 15 is 0 Å². The van der Waals surface area contributed by atoms with Crippen molar-refractivity contribution in [3.05, 3.63) is 167 Å². The summed E-state index contributed by atoms with van der Waals surface area (Å²) in [6, 6.07) is 42.5. The largest absolute Gasteiger partial charge is 0.445 e. The average Bonchev–Trinajstić information content (AvgIpc) is 3.50. The molecule has 56 heavy (non-hydrogen) atoms. The molecule has 7 rings (SSSR count). The Bertz CT molecular complexity index is 2110. The SMILES string of the molecule is C[C@@H](c1ccccc1)N(C)C[C@@H]1C[C@H](c2ccc(CO)cc2)O[C@H](c2cccc(-c3cccc(CN4C(=O)CC(NC(=O)OCc5ccccc5)C4=O)c3)c2)O1. The van der Waals surface area contributed by atoms with Crippen molar-refractivity contribution in [3.8, 4) is 11.1 Å². The number of hydrogen-bond donors (Lipinski definition) is 2. The number of amides is 3. The molecule has 2 N–H and O–H groups in total. The van der Waals surface area contributed by atoms with Gasteiger partial charge in [-0.05, 0) is 65.0 Å². The van der Waals surface area contributed by atoms with Crippen molar-refractivity contribution < 1.29 is 33.7 Å². The second-order valence-corrected chi connectivity index (χ2v) is 14.5. The van der Waals surface area contributed by atoms with Crippen molar-refractivity contribution in [3.63, 3.8) is 0 Å². The van der Waals surface area contributed by atoms with E-state index < -0.39 is 24.3 Å². The Balaban J connectivity index is 1.04. The van der Waals surface area contributed by atoms with Gasteiger partial charge in [-0.2, -0.15) is 0 Å². The third kappa shape index (κ3) is 9.41. The number of nitrogens with zero attached hydrogens (tertiary/aromatic N) is 2. The van der Waals surface area contributed by atoms with Gasteiger partial charge in [-0.1, -0.05) is 121 Å². The number of likely N-dealkylation sites (N-methyl/N-ethyl adjacent to an activating group) is 1. The van der Waals surface area contributed by atoms with Crippen molar-refractivity contribution in [2.24, 2.45) is 0 Å². The molecule has 0 spiro atoms. The molecule has 2 heterocycles. The van der Waals surface area contributed by atoms with E-state index in [1.54, 1.807) is 0 Å². The number of likely N-dealkylation sites (tertiary alicyclic amines) is 1. The van der Waals surface area contributed by atoms with Gasteiger partial charge in [-0.15, -0.1) is 0 Å². The zero-order chi connectivity index (χ0) is 39.0. The Morgan fingerprint density at radius 2 is 1.50 bits per heavy atom. The van der Waals surface area contributed by atoms with Crippen LogP contribution in [0.3, 0.4) is 0 Å². The first-order valence-corrected chi connectivity index (χ1v) is 19.0. The van der Waals surface area contributed by atoms with Gasteiger partial charge in [0, 0.05) is 24.6 Å². The van der Waals surface area contributed by atoms with Crippen LogP contribution in [0, 0.1) is 0 Å². The van der Waals surface area contributed by atoms with Crippen LogP contribution in [0.2, 0.25) is 0 Å². The minimum absolute atomic E-state index is 0.0231. The number of benzene rings is 5. The molecular formula is C46H47N3O7. The van der Waals surface area contributed by atoms with Crippen LogP contribution in [-0.4, -0.2) is 58.6 Å². The topological polar surface area (TPSA) is 118 Å². The fourth-order valence-corrected chi connectivity index (χ4v) is 7.26. The van der Waals surface area contributed by atoms with E-state index in [4.69, 9.17) is 14.2 Å². The summed E-state index contributed by atoms with van der Waals surface area (Å²) < 4.78 is 18.6. The standard InChI is InChI=1S/C46H47N3O7/c1-31(35-14-7-4-8-15-35)48(2)28-40-25-42(36-21-19-32(29-50)20-22-36)56-45(55-40)39-18-10-17-38(24-39)37-16-9-13-34(23-37)27-49-43(51)26-41(44(49)52)47-46(53)54-30-33-11-5-3-6-12-33/h3-24,31,40-42,45,50H,25-30H2,1-2H3,(H,47,53)/t31-,40-,41?,42+,45+/m0/s1. The van der Waals surface area contributed by atoms with E-state index in [0.717, 1.165) is 38.9 Å². The summed E-state index contributed by atoms with van der Waals surface area (Å²) in [6.07, 6.45) is -1.19. The van der Waals surface area contributed by atoms with Gasteiger partial charge in [0.15, 0.2) is 6.29 Å². The molecule has 5 aromatic rings. The lowest BCUT2D eigenvalue weighted by Gasteiger charge is -2.39. The number of hydrogen-bond acceptors (Lipinski definition) is 8. The first kappa shape index (κ1) is 38.6. The van der Waals surface area contributed by atoms with E-state index in [1.165, 1.54) is 10.5 Å². The fraction of sp³-hybridized carbons (Fsp3) is 0.283. The van der Waals surface area contributed by atoms with Crippen LogP contribution in [0.25, 0.3) is 11.1 Å². The van der Waals surface area contributed by atoms with Crippen molar-refractivity contribution in [2.45, 2.75) is 70.1 Å². The van der Waals surface area contributed by atoms with Crippen molar-refractivity contribution in [1.29, 1.82) is 0 Å². The molecule has 288 valence electrons. The maximum Gasteiger partial charge on any atom is 0.408 e. The molecule has 2 fully saturated rings. The molecule has 10 nitrogen and oxygen atoms in total. The number of alkyl carbamates (subject to hydrolysis) is 1. The van der Waals surface area contributed by atoms with Gasteiger partial charge in [0.1, 0.15) is 12.6 Å². The lowest BCUT2D eigenvalue weighted by Crippen LogP contribution is -2.41. The zero-order valence-electron chi connectivity index (χ0n) is 31.6. The molecule has 5 atom stereocenters. The lowest BCUT2D eigenvalue weighted by molar-refractivity contribution is -0.253. The molecule has 1 unspecified atom stereocenters. The Kier molecular flexibility index (Phi) is 12.3. The number of ether oxygens (including phenoxy) is 3. The highest BCUT2D eigenvalue weighted by molar-refractivity contribution is 6.06. The minimum atomic E-state index is -0.984. The van der Waals surface area contributed by atoms with Gasteiger partial charge < -0.3 is 24.6 Å². The molecule has 2 aliphatic rings. The summed E-state index contributed by atoms with van der Waals surface area (Å²) in [7, 11) is 2.12. The number of nitrogens with one attached hydrogen (secondary N) is 1. The Morgan fingerprint density at radius 1 is 0.821 bits per heavy atom. The first-order valence-electron chi connectivity index (χ1n) is 19.0. The zero-order valence-corrected chi connectivity index (χ0v) is 31.6. The molecule has 0 radical (unpaired) electrons. The molecule has 3 amide bonds. The third-order valence-electron chi connectivity index (χ3n) is 10.6. The minimum Gasteiger partial charge on any atom is -0.445 e. The van der Waals surface area contributed by atoms with Gasteiger partial charge in [0.2, 0.25) is 5.91 Å². The van der Waals surface area contributed by atoms with Crippen LogP contribution in [0.4, 0.5) is 4.79 Å². The first-order chi connectivity index (χ1) is 27.2. The van der Waals surface area contributed by atoms with Gasteiger partial charge >= 0.3 is 6.09 Å². The Labute approximate surface area is 327 Å². The van der Waals surface area contributed by atoms with Crippen LogP contribution in [0.15, 0.2) is 133 Å². The third-order valence-corrected chi connectivity index (χ3v) is 10.6. The molecule has 5 aromatic carbocycles. The number of aliphatic hydroxyl groups is 1. The van der Waals surface area contributed by atoms with Crippen molar-refractivity contribution in [1.82, 2.24) is 15.1 Å². The Hall–Kier alpha value is -5.65. The van der Waals surface area contributed by atoms with Crippen LogP contribution in [-0.2, 0) is 43.6 Å². The van der Waals surface area contributed by atoms with Crippen LogP contribution in [0.5, 0.6) is 0 Å². The quantitative estimate of drug-likeness (QED) is 0.118. The monoisotopic (exact) mass is 753 g/mol. The number of carbonyl (C=O) groups is 3. The van der Waals surface area contributed by atoms with E-state index in [9.17, 15) is 19.5 Å². The number of rotatable bonds is 13. The van der Waals surface area contributed by atoms with Crippen LogP contribution in [0.1, 0.15) is 71.6 Å². The molecule has 2 saturated heterocycles. The summed E-state index contributed by atoms with van der Waals surface area (Å²) >= 11 is 0. The molecule has 10 heteroatoms. The number of imide groups is 1. The number of aliphatic hydroxyl groups excluding tert-OH is 1. The van der Waals surface area contributed by atoms with Crippen LogP contribution < -0.4 is 5.32 Å². The smallest absolute Gasteiger partial charge is 0.408 e. The predicted octanol–water partition coefficient (Wildman–Crippen LogP) is 7.64. The normalized spacial score (nSPS) is 20.2. The number of carbonyl (C=O) groups excluding carboxylic acids is 3. The van der Waals surface area contributed by atoms with Gasteiger partial charge in [0.25, 0.3) is 5.91 Å². The van der Waals surface area contributed by atoms with E-state index in [0.29, 0.717) is 13.0 Å². The van der Waals surface area contributed by atoms with Crippen molar-refractivity contribution >= 4 is 17.9 Å². The summed E-state index contributed by atoms with van der Waals surface area (Å²) in [5, 5.41) is 12.2. The molecule has 0 aliphatic carbocycles. The fourth-order valence-electron chi connectivity index (χ4n) is 7.26. The summed E-state index contributed by atoms with van der Waals surface area (Å²) in [5.74, 6) is -0.828. The summed E-state index contributed by atoms with van der Waals surface area (Å²) in [4.78, 5) is 42.2. The lowest BCUT2D eigenvalue weighted by atomic mass is 9.98. The Morgan fingerprint density at radius 3 is 2.23 bits per heavy atom.